The van der Waals surface area contributed by atoms with Crippen molar-refractivity contribution < 1.29 is 22.9 Å². The summed E-state index contributed by atoms with van der Waals surface area (Å²) in [5.41, 5.74) is 0.426. The molecule has 0 unspecified atom stereocenters. The zero-order valence-corrected chi connectivity index (χ0v) is 16.1. The van der Waals surface area contributed by atoms with E-state index in [2.05, 4.69) is 0 Å². The van der Waals surface area contributed by atoms with Gasteiger partial charge in [0.15, 0.2) is 9.84 Å². The van der Waals surface area contributed by atoms with Crippen molar-refractivity contribution in [2.75, 3.05) is 18.6 Å². The van der Waals surface area contributed by atoms with E-state index >= 15 is 0 Å². The molecule has 1 atom stereocenters. The minimum absolute atomic E-state index is 0.000935. The molecule has 8 nitrogen and oxygen atoms in total. The van der Waals surface area contributed by atoms with E-state index < -0.39 is 26.7 Å². The Morgan fingerprint density at radius 2 is 1.89 bits per heavy atom. The van der Waals surface area contributed by atoms with Crippen LogP contribution in [0.15, 0.2) is 48.5 Å². The van der Waals surface area contributed by atoms with Crippen molar-refractivity contribution in [1.29, 1.82) is 0 Å². The second-order valence-corrected chi connectivity index (χ2v) is 8.84. The van der Waals surface area contributed by atoms with Gasteiger partial charge in [-0.1, -0.05) is 24.3 Å². The fraction of sp³-hybridized carbons (Fsp3) is 0.316. The quantitative estimate of drug-likeness (QED) is 0.541. The van der Waals surface area contributed by atoms with Gasteiger partial charge in [-0.15, -0.1) is 0 Å². The van der Waals surface area contributed by atoms with Crippen molar-refractivity contribution in [2.45, 2.75) is 19.0 Å². The summed E-state index contributed by atoms with van der Waals surface area (Å²) in [6.07, 6.45) is 0.310. The number of carbonyl (C=O) groups excluding carboxylic acids is 1. The highest BCUT2D eigenvalue weighted by atomic mass is 32.2. The minimum atomic E-state index is -3.23. The molecule has 0 bridgehead atoms. The Hall–Kier alpha value is -2.94. The molecule has 1 aliphatic rings. The zero-order valence-electron chi connectivity index (χ0n) is 15.3. The standard InChI is InChI=1S/C19H20N2O6S/c1-27-16-8-6-14(7-9-16)12-20(15-10-11-28(25,26)13-15)19(22)17-4-2-3-5-18(17)21(23)24/h2-9,15H,10-13H2,1H3/t15-/m0/s1. The van der Waals surface area contributed by atoms with Crippen molar-refractivity contribution in [3.63, 3.8) is 0 Å². The van der Waals surface area contributed by atoms with Crippen molar-refractivity contribution in [2.24, 2.45) is 0 Å². The molecule has 1 amide bonds. The van der Waals surface area contributed by atoms with Gasteiger partial charge < -0.3 is 9.64 Å². The molecule has 0 N–H and O–H groups in total. The van der Waals surface area contributed by atoms with Crippen LogP contribution >= 0.6 is 0 Å². The largest absolute Gasteiger partial charge is 0.497 e. The molecule has 1 saturated heterocycles. The first-order valence-corrected chi connectivity index (χ1v) is 10.5. The Kier molecular flexibility index (Phi) is 5.64. The van der Waals surface area contributed by atoms with Crippen LogP contribution in [0.2, 0.25) is 0 Å². The molecule has 1 aliphatic heterocycles. The SMILES string of the molecule is COc1ccc(CN(C(=O)c2ccccc2[N+](=O)[O-])[C@H]2CCS(=O)(=O)C2)cc1. The first kappa shape index (κ1) is 19.8. The summed E-state index contributed by atoms with van der Waals surface area (Å²) in [6.45, 7) is 0.148. The smallest absolute Gasteiger partial charge is 0.282 e. The number of methoxy groups -OCH3 is 1. The number of amides is 1. The molecule has 0 aromatic heterocycles. The van der Waals surface area contributed by atoms with Gasteiger partial charge in [-0.2, -0.15) is 0 Å². The third-order valence-electron chi connectivity index (χ3n) is 4.75. The highest BCUT2D eigenvalue weighted by Gasteiger charge is 2.36. The van der Waals surface area contributed by atoms with E-state index in [9.17, 15) is 23.3 Å². The summed E-state index contributed by atoms with van der Waals surface area (Å²) in [4.78, 5) is 25.3. The zero-order chi connectivity index (χ0) is 20.3. The van der Waals surface area contributed by atoms with Gasteiger partial charge in [0, 0.05) is 18.7 Å². The maximum atomic E-state index is 13.2. The van der Waals surface area contributed by atoms with E-state index in [1.54, 1.807) is 37.4 Å². The lowest BCUT2D eigenvalue weighted by Gasteiger charge is -2.28. The molecule has 0 spiro atoms. The summed E-state index contributed by atoms with van der Waals surface area (Å²) in [5.74, 6) is -0.0369. The molecule has 9 heteroatoms. The molecule has 1 fully saturated rings. The molecule has 3 rings (SSSR count). The number of sulfone groups is 1. The van der Waals surface area contributed by atoms with Crippen LogP contribution in [0.25, 0.3) is 0 Å². The highest BCUT2D eigenvalue weighted by molar-refractivity contribution is 7.91. The van der Waals surface area contributed by atoms with E-state index in [0.717, 1.165) is 5.56 Å². The molecule has 148 valence electrons. The van der Waals surface area contributed by atoms with E-state index in [0.29, 0.717) is 12.2 Å². The number of carbonyl (C=O) groups is 1. The number of nitro groups is 1. The average Bonchev–Trinajstić information content (AvgIpc) is 3.05. The normalized spacial score (nSPS) is 17.8. The fourth-order valence-corrected chi connectivity index (χ4v) is 5.01. The molecule has 2 aromatic carbocycles. The van der Waals surface area contributed by atoms with Crippen molar-refractivity contribution >= 4 is 21.4 Å². The summed E-state index contributed by atoms with van der Waals surface area (Å²) < 4.78 is 29.0. The van der Waals surface area contributed by atoms with Gasteiger partial charge in [-0.25, -0.2) is 8.42 Å². The Morgan fingerprint density at radius 1 is 1.21 bits per heavy atom. The molecule has 28 heavy (non-hydrogen) atoms. The number of nitro benzene ring substituents is 1. The number of ether oxygens (including phenoxy) is 1. The molecule has 2 aromatic rings. The molecular formula is C19H20N2O6S. The first-order chi connectivity index (χ1) is 13.3. The third kappa shape index (κ3) is 4.30. The Balaban J connectivity index is 1.96. The van der Waals surface area contributed by atoms with Crippen molar-refractivity contribution in [3.05, 3.63) is 69.8 Å². The lowest BCUT2D eigenvalue weighted by molar-refractivity contribution is -0.385. The molecule has 0 saturated carbocycles. The van der Waals surface area contributed by atoms with E-state index in [1.807, 2.05) is 0 Å². The van der Waals surface area contributed by atoms with E-state index in [1.165, 1.54) is 23.1 Å². The lowest BCUT2D eigenvalue weighted by Crippen LogP contribution is -2.40. The van der Waals surface area contributed by atoms with Gasteiger partial charge >= 0.3 is 0 Å². The first-order valence-electron chi connectivity index (χ1n) is 8.68. The number of hydrogen-bond donors (Lipinski definition) is 0. The molecule has 0 aliphatic carbocycles. The second-order valence-electron chi connectivity index (χ2n) is 6.61. The summed E-state index contributed by atoms with van der Waals surface area (Å²) >= 11 is 0. The number of nitrogens with zero attached hydrogens (tertiary/aromatic N) is 2. The van der Waals surface area contributed by atoms with Gasteiger partial charge in [-0.05, 0) is 30.2 Å². The van der Waals surface area contributed by atoms with Gasteiger partial charge in [0.1, 0.15) is 11.3 Å². The predicted octanol–water partition coefficient (Wildman–Crippen LogP) is 2.43. The Bertz CT molecular complexity index is 988. The van der Waals surface area contributed by atoms with Gasteiger partial charge in [0.2, 0.25) is 0 Å². The molecule has 1 heterocycles. The Morgan fingerprint density at radius 3 is 2.46 bits per heavy atom. The summed E-state index contributed by atoms with van der Waals surface area (Å²) in [7, 11) is -1.69. The number of para-hydroxylation sites is 1. The van der Waals surface area contributed by atoms with Crippen LogP contribution in [0.5, 0.6) is 5.75 Å². The van der Waals surface area contributed by atoms with Crippen LogP contribution in [0, 0.1) is 10.1 Å². The molecular weight excluding hydrogens is 384 g/mol. The highest BCUT2D eigenvalue weighted by Crippen LogP contribution is 2.26. The van der Waals surface area contributed by atoms with E-state index in [4.69, 9.17) is 4.74 Å². The minimum Gasteiger partial charge on any atom is -0.497 e. The molecule has 0 radical (unpaired) electrons. The predicted molar refractivity (Wildman–Crippen MR) is 103 cm³/mol. The number of benzene rings is 2. The lowest BCUT2D eigenvalue weighted by atomic mass is 10.1. The van der Waals surface area contributed by atoms with Crippen LogP contribution in [-0.4, -0.2) is 48.8 Å². The summed E-state index contributed by atoms with van der Waals surface area (Å²) in [5, 5.41) is 11.3. The Labute approximate surface area is 162 Å². The third-order valence-corrected chi connectivity index (χ3v) is 6.50. The maximum Gasteiger partial charge on any atom is 0.282 e. The number of hydrogen-bond acceptors (Lipinski definition) is 6. The van der Waals surface area contributed by atoms with Crippen LogP contribution < -0.4 is 4.74 Å². The monoisotopic (exact) mass is 404 g/mol. The van der Waals surface area contributed by atoms with E-state index in [-0.39, 0.29) is 29.3 Å². The topological polar surface area (TPSA) is 107 Å². The van der Waals surface area contributed by atoms with Crippen molar-refractivity contribution in [3.8, 4) is 5.75 Å². The second kappa shape index (κ2) is 7.97. The van der Waals surface area contributed by atoms with Crippen LogP contribution in [0.3, 0.4) is 0 Å². The average molecular weight is 404 g/mol. The van der Waals surface area contributed by atoms with Crippen LogP contribution in [0.1, 0.15) is 22.3 Å². The van der Waals surface area contributed by atoms with Crippen LogP contribution in [0.4, 0.5) is 5.69 Å². The summed E-state index contributed by atoms with van der Waals surface area (Å²) in [6, 6.07) is 12.2. The van der Waals surface area contributed by atoms with Gasteiger partial charge in [-0.3, -0.25) is 14.9 Å². The van der Waals surface area contributed by atoms with Gasteiger partial charge in [0.25, 0.3) is 11.6 Å². The number of rotatable bonds is 6. The fourth-order valence-electron chi connectivity index (χ4n) is 3.28. The van der Waals surface area contributed by atoms with Crippen LogP contribution in [-0.2, 0) is 16.4 Å². The van der Waals surface area contributed by atoms with Gasteiger partial charge in [0.05, 0.1) is 23.5 Å². The van der Waals surface area contributed by atoms with Crippen molar-refractivity contribution in [1.82, 2.24) is 4.90 Å². The maximum absolute atomic E-state index is 13.2.